The molecule has 8 aromatic rings. The third-order valence-corrected chi connectivity index (χ3v) is 61.9. The van der Waals surface area contributed by atoms with Crippen LogP contribution in [0.1, 0.15) is 122 Å². The average Bonchev–Trinajstić information content (AvgIpc) is 3.70. The monoisotopic (exact) mass is 1240 g/mol. The summed E-state index contributed by atoms with van der Waals surface area (Å²) in [7, 11) is 1.88. The molecule has 0 aliphatic heterocycles. The molecule has 0 bridgehead atoms. The summed E-state index contributed by atoms with van der Waals surface area (Å²) in [6.07, 6.45) is 0. The van der Waals surface area contributed by atoms with Gasteiger partial charge >= 0.3 is 397 Å². The fraction of sp³-hybridized carbons (Fsp3) is 0.366. The van der Waals surface area contributed by atoms with Gasteiger partial charge in [-0.1, -0.05) is 18.2 Å². The summed E-state index contributed by atoms with van der Waals surface area (Å²) in [6, 6.07) is 79.8. The fourth-order valence-electron chi connectivity index (χ4n) is 13.3. The second-order valence-electron chi connectivity index (χ2n) is 26.3. The molecule has 0 aliphatic carbocycles. The van der Waals surface area contributed by atoms with Crippen molar-refractivity contribution >= 4 is 37.6 Å². The van der Waals surface area contributed by atoms with E-state index in [0.29, 0.717) is 0 Å². The maximum atomic E-state index is 11.6. The fourth-order valence-corrected chi connectivity index (χ4v) is 76.3. The smallest absolute Gasteiger partial charge is 0.271 e. The summed E-state index contributed by atoms with van der Waals surface area (Å²) in [5.74, 6) is 0. The van der Waals surface area contributed by atoms with Crippen molar-refractivity contribution in [1.82, 2.24) is 9.36 Å². The van der Waals surface area contributed by atoms with Crippen LogP contribution >= 0.6 is 0 Å². The van der Waals surface area contributed by atoms with Crippen molar-refractivity contribution in [2.75, 3.05) is 0 Å². The van der Waals surface area contributed by atoms with Gasteiger partial charge in [-0.05, 0) is 19.1 Å². The largest absolute Gasteiger partial charge is 0.285 e. The molecule has 7 aromatic carbocycles. The molecule has 1 heterocycles. The van der Waals surface area contributed by atoms with E-state index >= 15 is 0 Å². The molecule has 1 aromatic heterocycles. The zero-order chi connectivity index (χ0) is 55.8. The topological polar surface area (TPSA) is 36.2 Å². The Morgan fingerprint density at radius 2 is 0.532 bits per heavy atom. The van der Waals surface area contributed by atoms with Crippen LogP contribution < -0.4 is 5.56 Å². The maximum Gasteiger partial charge on any atom is 0.271 e. The van der Waals surface area contributed by atoms with Gasteiger partial charge in [0.1, 0.15) is 0 Å². The number of benzene rings is 7. The van der Waals surface area contributed by atoms with Crippen LogP contribution in [0, 0.1) is 6.92 Å². The number of aryl methyl sites for hydroxylation is 1. The molecule has 0 unspecified atom stereocenters. The average molecular weight is 1240 g/mol. The summed E-state index contributed by atoms with van der Waals surface area (Å²) in [6.45, 7) is 32.4. The first-order chi connectivity index (χ1) is 36.3. The molecule has 0 N–H and O–H groups in total. The molecular weight excluding hydrogens is 1150 g/mol. The summed E-state index contributed by atoms with van der Waals surface area (Å²) in [5, 5.41) is 0. The Bertz CT molecular complexity index is 2700. The Morgan fingerprint density at radius 3 is 0.714 bits per heavy atom. The van der Waals surface area contributed by atoms with Gasteiger partial charge in [0, 0.05) is 18.8 Å². The summed E-state index contributed by atoms with van der Waals surface area (Å²) in [4.78, 5) is 11.6. The van der Waals surface area contributed by atoms with Crippen molar-refractivity contribution in [3.05, 3.63) is 268 Å². The van der Waals surface area contributed by atoms with E-state index in [-0.39, 0.29) is 38.0 Å². The first-order valence-electron chi connectivity index (χ1n) is 28.1. The minimum absolute atomic E-state index is 0.0104. The molecule has 0 fully saturated rings. The predicted octanol–water partition coefficient (Wildman–Crippen LogP) is 18.2. The summed E-state index contributed by atoms with van der Waals surface area (Å²) < 4.78 is 19.6. The Labute approximate surface area is 474 Å². The molecule has 404 valence electrons. The molecule has 0 saturated heterocycles. The van der Waals surface area contributed by atoms with Crippen LogP contribution in [0.2, 0.25) is 26.6 Å². The van der Waals surface area contributed by atoms with E-state index in [1.807, 2.05) is 49.0 Å². The van der Waals surface area contributed by atoms with Gasteiger partial charge in [0.05, 0.1) is 5.69 Å². The van der Waals surface area contributed by atoms with Crippen molar-refractivity contribution in [3.8, 4) is 5.69 Å². The number of hydrogen-bond acceptors (Lipinski definition) is 2. The minimum atomic E-state index is -4.11. The number of para-hydroxylation sites is 1. The first kappa shape index (κ1) is 59.8. The molecule has 0 amide bonds. The minimum Gasteiger partial charge on any atom is -0.285 e. The molecule has 4 nitrogen and oxygen atoms in total. The SMILES string of the molecule is CC(C)([CH2][Sn]([CH2]C(C)(C)c1ccccc1)([CH2]C(C)(C)c1ccccc1)[O][Sn]([CH2]C(C)(C)c1ccccc1)([CH2]C(C)(C)c1ccccc1)[CH2]C(C)(C)c1ccccc1)c1ccccc1.Cc1cc(=O)n(-c2ccccc2)n1C. The zero-order valence-corrected chi connectivity index (χ0v) is 54.9. The second kappa shape index (κ2) is 24.6. The predicted molar refractivity (Wildman–Crippen MR) is 334 cm³/mol. The van der Waals surface area contributed by atoms with Crippen LogP contribution in [0.4, 0.5) is 0 Å². The summed E-state index contributed by atoms with van der Waals surface area (Å²) in [5.41, 5.74) is 9.85. The van der Waals surface area contributed by atoms with Gasteiger partial charge in [0.15, 0.2) is 0 Å². The van der Waals surface area contributed by atoms with E-state index in [1.165, 1.54) is 33.4 Å². The quantitative estimate of drug-likeness (QED) is 0.0672. The van der Waals surface area contributed by atoms with Gasteiger partial charge in [-0.15, -0.1) is 0 Å². The zero-order valence-electron chi connectivity index (χ0n) is 49.2. The van der Waals surface area contributed by atoms with Crippen molar-refractivity contribution in [3.63, 3.8) is 0 Å². The standard InChI is InChI=1S/C11H12N2O.6C10H13.O.2Sn/c1-9-8-11(14)13(12(9)2)10-6-4-3-5-7-10;6*1-10(2,3)9-7-5-4-6-8-9;;;/h3-8H,1-2H3;6*4-8H,1H2,2-3H3;;;. The van der Waals surface area contributed by atoms with Crippen LogP contribution in [0.5, 0.6) is 0 Å². The van der Waals surface area contributed by atoms with E-state index in [4.69, 9.17) is 0 Å². The number of rotatable bonds is 21. The van der Waals surface area contributed by atoms with Gasteiger partial charge < -0.3 is 0 Å². The molecule has 0 spiro atoms. The molecule has 77 heavy (non-hydrogen) atoms. The molecular formula is C71H90N2O2Sn2. The van der Waals surface area contributed by atoms with Crippen molar-refractivity contribution in [2.45, 2.75) is 149 Å². The molecule has 0 atom stereocenters. The van der Waals surface area contributed by atoms with E-state index in [0.717, 1.165) is 38.0 Å². The van der Waals surface area contributed by atoms with E-state index < -0.39 is 37.6 Å². The van der Waals surface area contributed by atoms with E-state index in [9.17, 15) is 6.21 Å². The van der Waals surface area contributed by atoms with Crippen LogP contribution in [-0.4, -0.2) is 46.9 Å². The Hall–Kier alpha value is -4.89. The van der Waals surface area contributed by atoms with Crippen LogP contribution in [0.15, 0.2) is 223 Å². The molecule has 8 rings (SSSR count). The summed E-state index contributed by atoms with van der Waals surface area (Å²) >= 11 is -8.23. The van der Waals surface area contributed by atoms with Gasteiger partial charge in [-0.25, -0.2) is 4.68 Å². The van der Waals surface area contributed by atoms with E-state index in [2.05, 4.69) is 265 Å². The van der Waals surface area contributed by atoms with Crippen LogP contribution in [0.25, 0.3) is 5.69 Å². The molecule has 6 heteroatoms. The normalized spacial score (nSPS) is 13.0. The molecule has 0 saturated carbocycles. The van der Waals surface area contributed by atoms with Crippen LogP contribution in [0.3, 0.4) is 0 Å². The molecule has 0 aliphatic rings. The van der Waals surface area contributed by atoms with E-state index in [1.54, 1.807) is 10.7 Å². The Kier molecular flexibility index (Phi) is 19.1. The van der Waals surface area contributed by atoms with Crippen LogP contribution in [-0.2, 0) is 40.9 Å². The first-order valence-corrected chi connectivity index (χ1v) is 42.6. The van der Waals surface area contributed by atoms with Gasteiger partial charge in [0.25, 0.3) is 5.56 Å². The maximum absolute atomic E-state index is 11.6. The van der Waals surface area contributed by atoms with Gasteiger partial charge in [-0.2, -0.15) is 0 Å². The van der Waals surface area contributed by atoms with Crippen molar-refractivity contribution in [2.24, 2.45) is 7.05 Å². The number of nitrogens with zero attached hydrogens (tertiary/aromatic N) is 2. The third kappa shape index (κ3) is 15.3. The van der Waals surface area contributed by atoms with Gasteiger partial charge in [0.2, 0.25) is 0 Å². The van der Waals surface area contributed by atoms with Gasteiger partial charge in [-0.3, -0.25) is 9.48 Å². The molecule has 0 radical (unpaired) electrons. The Morgan fingerprint density at radius 1 is 0.338 bits per heavy atom. The van der Waals surface area contributed by atoms with Crippen molar-refractivity contribution in [1.29, 1.82) is 0 Å². The van der Waals surface area contributed by atoms with Crippen molar-refractivity contribution < 1.29 is 1.41 Å². The number of aromatic nitrogens is 2. The second-order valence-corrected chi connectivity index (χ2v) is 50.4. The number of hydrogen-bond donors (Lipinski definition) is 0. The third-order valence-electron chi connectivity index (χ3n) is 16.7. The Balaban J connectivity index is 0.000000529.